The second kappa shape index (κ2) is 8.76. The van der Waals surface area contributed by atoms with Crippen LogP contribution in [0.15, 0.2) is 66.4 Å². The third-order valence-corrected chi connectivity index (χ3v) is 2.84. The van der Waals surface area contributed by atoms with Crippen LogP contribution in [0.3, 0.4) is 0 Å². The van der Waals surface area contributed by atoms with Crippen LogP contribution in [0, 0.1) is 22.7 Å². The second-order valence-electron chi connectivity index (χ2n) is 4.46. The van der Waals surface area contributed by atoms with E-state index >= 15 is 0 Å². The minimum atomic E-state index is 0.0170. The van der Waals surface area contributed by atoms with Crippen molar-refractivity contribution in [2.45, 2.75) is 0 Å². The molecule has 0 aliphatic heterocycles. The van der Waals surface area contributed by atoms with E-state index in [0.717, 1.165) is 17.2 Å². The van der Waals surface area contributed by atoms with Gasteiger partial charge in [-0.3, -0.25) is 0 Å². The van der Waals surface area contributed by atoms with E-state index in [1.807, 2.05) is 30.3 Å². The molecule has 114 valence electrons. The molecule has 0 aliphatic carbocycles. The molecule has 5 nitrogen and oxygen atoms in total. The smallest absolute Gasteiger partial charge is 0.145 e. The van der Waals surface area contributed by atoms with E-state index in [9.17, 15) is 0 Å². The summed E-state index contributed by atoms with van der Waals surface area (Å²) in [5.74, 6) is 1.53. The van der Waals surface area contributed by atoms with Crippen LogP contribution >= 0.6 is 0 Å². The van der Waals surface area contributed by atoms with Crippen molar-refractivity contribution in [1.82, 2.24) is 0 Å². The molecule has 0 atom stereocenters. The number of benzene rings is 2. The van der Waals surface area contributed by atoms with Crippen LogP contribution in [-0.4, -0.2) is 13.2 Å². The van der Waals surface area contributed by atoms with Crippen LogP contribution in [0.25, 0.3) is 0 Å². The van der Waals surface area contributed by atoms with Crippen molar-refractivity contribution < 1.29 is 9.47 Å². The van der Waals surface area contributed by atoms with Crippen LogP contribution in [0.1, 0.15) is 0 Å². The molecule has 0 aliphatic rings. The first kappa shape index (κ1) is 15.9. The summed E-state index contributed by atoms with van der Waals surface area (Å²) in [6.07, 6.45) is 1.36. The number of rotatable bonds is 7. The van der Waals surface area contributed by atoms with Gasteiger partial charge in [0.2, 0.25) is 0 Å². The molecule has 0 bridgehead atoms. The van der Waals surface area contributed by atoms with Gasteiger partial charge in [-0.15, -0.1) is 0 Å². The lowest BCUT2D eigenvalue weighted by molar-refractivity contribution is 0.217. The van der Waals surface area contributed by atoms with Crippen molar-refractivity contribution in [2.24, 2.45) is 0 Å². The van der Waals surface area contributed by atoms with Crippen LogP contribution in [-0.2, 0) is 0 Å². The first-order valence-corrected chi connectivity index (χ1v) is 6.99. The molecule has 0 unspecified atom stereocenters. The molecule has 23 heavy (non-hydrogen) atoms. The molecule has 0 saturated heterocycles. The van der Waals surface area contributed by atoms with Gasteiger partial charge >= 0.3 is 0 Å². The van der Waals surface area contributed by atoms with Gasteiger partial charge in [-0.05, 0) is 36.4 Å². The second-order valence-corrected chi connectivity index (χ2v) is 4.46. The number of para-hydroxylation sites is 1. The van der Waals surface area contributed by atoms with Gasteiger partial charge in [0.25, 0.3) is 0 Å². The number of nitriles is 2. The molecule has 2 aromatic rings. The SMILES string of the molecule is N#CC(C#N)=CNc1ccc(OCCOc2ccccc2)cc1. The first-order chi connectivity index (χ1) is 11.3. The lowest BCUT2D eigenvalue weighted by Crippen LogP contribution is -2.08. The predicted octanol–water partition coefficient (Wildman–Crippen LogP) is 3.49. The number of ether oxygens (including phenoxy) is 2. The van der Waals surface area contributed by atoms with E-state index in [0.29, 0.717) is 13.2 Å². The molecule has 0 spiro atoms. The molecule has 0 radical (unpaired) electrons. The van der Waals surface area contributed by atoms with Crippen molar-refractivity contribution >= 4 is 5.69 Å². The van der Waals surface area contributed by atoms with Crippen LogP contribution in [0.4, 0.5) is 5.69 Å². The van der Waals surface area contributed by atoms with Crippen molar-refractivity contribution in [3.8, 4) is 23.6 Å². The largest absolute Gasteiger partial charge is 0.490 e. The Balaban J connectivity index is 1.76. The average molecular weight is 305 g/mol. The van der Waals surface area contributed by atoms with Gasteiger partial charge in [-0.1, -0.05) is 18.2 Å². The Morgan fingerprint density at radius 1 is 0.870 bits per heavy atom. The highest BCUT2D eigenvalue weighted by Gasteiger charge is 1.97. The summed E-state index contributed by atoms with van der Waals surface area (Å²) >= 11 is 0. The quantitative estimate of drug-likeness (QED) is 0.626. The molecule has 0 heterocycles. The predicted molar refractivity (Wildman–Crippen MR) is 86.8 cm³/mol. The normalized spacial score (nSPS) is 9.13. The van der Waals surface area contributed by atoms with Gasteiger partial charge in [-0.2, -0.15) is 10.5 Å². The zero-order valence-corrected chi connectivity index (χ0v) is 12.4. The molecule has 2 aromatic carbocycles. The summed E-state index contributed by atoms with van der Waals surface area (Å²) in [4.78, 5) is 0. The van der Waals surface area contributed by atoms with Gasteiger partial charge in [0, 0.05) is 11.9 Å². The average Bonchev–Trinajstić information content (AvgIpc) is 2.61. The van der Waals surface area contributed by atoms with Crippen molar-refractivity contribution in [1.29, 1.82) is 10.5 Å². The van der Waals surface area contributed by atoms with Gasteiger partial charge in [0.1, 0.15) is 42.4 Å². The Labute approximate surface area is 135 Å². The van der Waals surface area contributed by atoms with Gasteiger partial charge in [0.15, 0.2) is 0 Å². The lowest BCUT2D eigenvalue weighted by Gasteiger charge is -2.09. The van der Waals surface area contributed by atoms with Crippen molar-refractivity contribution in [3.63, 3.8) is 0 Å². The minimum Gasteiger partial charge on any atom is -0.490 e. The molecule has 0 fully saturated rings. The van der Waals surface area contributed by atoms with Gasteiger partial charge in [-0.25, -0.2) is 0 Å². The molecule has 5 heteroatoms. The highest BCUT2D eigenvalue weighted by Crippen LogP contribution is 2.16. The van der Waals surface area contributed by atoms with Gasteiger partial charge < -0.3 is 14.8 Å². The van der Waals surface area contributed by atoms with Crippen LogP contribution < -0.4 is 14.8 Å². The number of anilines is 1. The fraction of sp³-hybridized carbons (Fsp3) is 0.111. The Kier molecular flexibility index (Phi) is 6.07. The van der Waals surface area contributed by atoms with E-state index in [1.165, 1.54) is 6.20 Å². The zero-order valence-electron chi connectivity index (χ0n) is 12.4. The van der Waals surface area contributed by atoms with Crippen molar-refractivity contribution in [2.75, 3.05) is 18.5 Å². The fourth-order valence-corrected chi connectivity index (χ4v) is 1.73. The van der Waals surface area contributed by atoms with E-state index in [-0.39, 0.29) is 5.57 Å². The topological polar surface area (TPSA) is 78.1 Å². The highest BCUT2D eigenvalue weighted by atomic mass is 16.5. The molecule has 1 N–H and O–H groups in total. The van der Waals surface area contributed by atoms with Crippen LogP contribution in [0.2, 0.25) is 0 Å². The number of nitrogens with zero attached hydrogens (tertiary/aromatic N) is 2. The number of hydrogen-bond donors (Lipinski definition) is 1. The summed E-state index contributed by atoms with van der Waals surface area (Å²) in [6, 6.07) is 20.3. The molecule has 0 aromatic heterocycles. The maximum atomic E-state index is 8.64. The van der Waals surface area contributed by atoms with E-state index in [2.05, 4.69) is 5.32 Å². The highest BCUT2D eigenvalue weighted by molar-refractivity contribution is 5.51. The van der Waals surface area contributed by atoms with E-state index in [4.69, 9.17) is 20.0 Å². The maximum absolute atomic E-state index is 8.64. The Hall–Kier alpha value is -3.44. The summed E-state index contributed by atoms with van der Waals surface area (Å²) in [6.45, 7) is 0.898. The fourth-order valence-electron chi connectivity index (χ4n) is 1.73. The van der Waals surface area contributed by atoms with Crippen molar-refractivity contribution in [3.05, 3.63) is 66.4 Å². The molecule has 2 rings (SSSR count). The Morgan fingerprint density at radius 3 is 2.00 bits per heavy atom. The summed E-state index contributed by atoms with van der Waals surface area (Å²) in [7, 11) is 0. The molecule has 0 amide bonds. The third kappa shape index (κ3) is 5.45. The van der Waals surface area contributed by atoms with E-state index in [1.54, 1.807) is 36.4 Å². The maximum Gasteiger partial charge on any atom is 0.145 e. The first-order valence-electron chi connectivity index (χ1n) is 6.99. The minimum absolute atomic E-state index is 0.0170. The summed E-state index contributed by atoms with van der Waals surface area (Å²) in [5, 5.41) is 20.2. The van der Waals surface area contributed by atoms with Gasteiger partial charge in [0.05, 0.1) is 0 Å². The number of nitrogens with one attached hydrogen (secondary N) is 1. The zero-order chi connectivity index (χ0) is 16.3. The Morgan fingerprint density at radius 2 is 1.43 bits per heavy atom. The molecule has 0 saturated carbocycles. The Bertz CT molecular complexity index is 710. The molecular weight excluding hydrogens is 290 g/mol. The number of hydrogen-bond acceptors (Lipinski definition) is 5. The summed E-state index contributed by atoms with van der Waals surface area (Å²) in [5.41, 5.74) is 0.782. The number of allylic oxidation sites excluding steroid dienone is 1. The summed E-state index contributed by atoms with van der Waals surface area (Å²) < 4.78 is 11.1. The molecular formula is C18H15N3O2. The van der Waals surface area contributed by atoms with Crippen LogP contribution in [0.5, 0.6) is 11.5 Å². The lowest BCUT2D eigenvalue weighted by atomic mass is 10.3. The standard InChI is InChI=1S/C18H15N3O2/c19-12-15(13-20)14-21-16-6-8-18(9-7-16)23-11-10-22-17-4-2-1-3-5-17/h1-9,14,21H,10-11H2. The monoisotopic (exact) mass is 305 g/mol. The third-order valence-electron chi connectivity index (χ3n) is 2.84. The van der Waals surface area contributed by atoms with E-state index < -0.39 is 0 Å².